The Kier molecular flexibility index (Phi) is 6.18. The van der Waals surface area contributed by atoms with Crippen LogP contribution in [0.2, 0.25) is 10.0 Å². The molecular formula is C17H16Cl2N2O5. The third-order valence-electron chi connectivity index (χ3n) is 3.51. The molecule has 0 fully saturated rings. The van der Waals surface area contributed by atoms with Crippen LogP contribution in [-0.2, 0) is 4.74 Å². The van der Waals surface area contributed by atoms with E-state index >= 15 is 0 Å². The number of methoxy groups -OCH3 is 3. The molecule has 0 aliphatic rings. The summed E-state index contributed by atoms with van der Waals surface area (Å²) in [7, 11) is 4.02. The maximum absolute atomic E-state index is 12.6. The second-order valence-electron chi connectivity index (χ2n) is 5.05. The van der Waals surface area contributed by atoms with Gasteiger partial charge in [-0.25, -0.2) is 4.79 Å². The largest absolute Gasteiger partial charge is 0.496 e. The Morgan fingerprint density at radius 2 is 1.50 bits per heavy atom. The van der Waals surface area contributed by atoms with Crippen LogP contribution in [0.1, 0.15) is 20.7 Å². The van der Waals surface area contributed by atoms with Gasteiger partial charge in [0.2, 0.25) is 0 Å². The molecule has 0 aliphatic heterocycles. The normalized spacial score (nSPS) is 10.2. The molecule has 2 aromatic rings. The molecule has 138 valence electrons. The molecule has 0 saturated heterocycles. The SMILES string of the molecule is COC(=O)c1cc(Cl)c(NC(=O)c2cc(Cl)c(N)cc2OC)cc1OC. The van der Waals surface area contributed by atoms with Crippen molar-refractivity contribution >= 4 is 46.5 Å². The van der Waals surface area contributed by atoms with Gasteiger partial charge in [-0.05, 0) is 12.1 Å². The van der Waals surface area contributed by atoms with Gasteiger partial charge in [-0.1, -0.05) is 23.2 Å². The molecule has 26 heavy (non-hydrogen) atoms. The molecule has 0 bridgehead atoms. The van der Waals surface area contributed by atoms with E-state index in [1.54, 1.807) is 0 Å². The fraction of sp³-hybridized carbons (Fsp3) is 0.176. The molecule has 2 aromatic carbocycles. The van der Waals surface area contributed by atoms with Crippen molar-refractivity contribution in [3.05, 3.63) is 45.4 Å². The van der Waals surface area contributed by atoms with Crippen LogP contribution in [0.25, 0.3) is 0 Å². The van der Waals surface area contributed by atoms with Gasteiger partial charge >= 0.3 is 5.97 Å². The molecule has 0 aromatic heterocycles. The zero-order valence-electron chi connectivity index (χ0n) is 14.2. The molecule has 7 nitrogen and oxygen atoms in total. The summed E-state index contributed by atoms with van der Waals surface area (Å²) < 4.78 is 15.0. The van der Waals surface area contributed by atoms with Crippen LogP contribution in [0.5, 0.6) is 11.5 Å². The van der Waals surface area contributed by atoms with Gasteiger partial charge in [0.05, 0.1) is 48.3 Å². The maximum Gasteiger partial charge on any atom is 0.341 e. The number of halogens is 2. The molecule has 0 heterocycles. The molecule has 1 amide bonds. The summed E-state index contributed by atoms with van der Waals surface area (Å²) in [5.74, 6) is -0.704. The lowest BCUT2D eigenvalue weighted by molar-refractivity contribution is 0.0597. The number of hydrogen-bond acceptors (Lipinski definition) is 6. The van der Waals surface area contributed by atoms with Crippen LogP contribution in [0, 0.1) is 0 Å². The van der Waals surface area contributed by atoms with Crippen molar-refractivity contribution in [1.82, 2.24) is 0 Å². The Morgan fingerprint density at radius 3 is 2.08 bits per heavy atom. The minimum absolute atomic E-state index is 0.125. The van der Waals surface area contributed by atoms with Crippen molar-refractivity contribution in [1.29, 1.82) is 0 Å². The molecule has 0 spiro atoms. The first-order valence-corrected chi connectivity index (χ1v) is 7.98. The summed E-state index contributed by atoms with van der Waals surface area (Å²) in [6.07, 6.45) is 0. The smallest absolute Gasteiger partial charge is 0.341 e. The highest BCUT2D eigenvalue weighted by Gasteiger charge is 2.20. The average Bonchev–Trinajstić information content (AvgIpc) is 2.63. The highest BCUT2D eigenvalue weighted by atomic mass is 35.5. The number of nitrogens with one attached hydrogen (secondary N) is 1. The van der Waals surface area contributed by atoms with Gasteiger partial charge in [0.25, 0.3) is 5.91 Å². The van der Waals surface area contributed by atoms with Gasteiger partial charge in [0.1, 0.15) is 17.1 Å². The van der Waals surface area contributed by atoms with Crippen LogP contribution in [0.15, 0.2) is 24.3 Å². The fourth-order valence-corrected chi connectivity index (χ4v) is 2.57. The predicted molar refractivity (Wildman–Crippen MR) is 99.7 cm³/mol. The van der Waals surface area contributed by atoms with Crippen molar-refractivity contribution in [2.24, 2.45) is 0 Å². The predicted octanol–water partition coefficient (Wildman–Crippen LogP) is 3.63. The van der Waals surface area contributed by atoms with Gasteiger partial charge in [-0.2, -0.15) is 0 Å². The molecule has 0 saturated carbocycles. The second-order valence-corrected chi connectivity index (χ2v) is 5.87. The Hall–Kier alpha value is -2.64. The molecule has 2 rings (SSSR count). The number of amides is 1. The second kappa shape index (κ2) is 8.16. The molecule has 0 atom stereocenters. The molecular weight excluding hydrogens is 383 g/mol. The Bertz CT molecular complexity index is 871. The lowest BCUT2D eigenvalue weighted by Gasteiger charge is -2.14. The Morgan fingerprint density at radius 1 is 0.923 bits per heavy atom. The van der Waals surface area contributed by atoms with E-state index in [1.807, 2.05) is 0 Å². The summed E-state index contributed by atoms with van der Waals surface area (Å²) in [6.45, 7) is 0. The molecule has 3 N–H and O–H groups in total. The van der Waals surface area contributed by atoms with Gasteiger partial charge in [0.15, 0.2) is 0 Å². The van der Waals surface area contributed by atoms with Gasteiger partial charge in [-0.15, -0.1) is 0 Å². The van der Waals surface area contributed by atoms with Crippen molar-refractivity contribution < 1.29 is 23.8 Å². The number of rotatable bonds is 5. The van der Waals surface area contributed by atoms with Gasteiger partial charge in [-0.3, -0.25) is 4.79 Å². The summed E-state index contributed by atoms with van der Waals surface area (Å²) in [5, 5.41) is 2.96. The standard InChI is InChI=1S/C17H16Cl2N2O5/c1-24-14-6-12(20)10(18)4-8(14)16(22)21-13-7-15(25-2)9(5-11(13)19)17(23)26-3/h4-7H,20H2,1-3H3,(H,21,22). The van der Waals surface area contributed by atoms with E-state index in [0.29, 0.717) is 0 Å². The Balaban J connectivity index is 2.41. The first-order chi connectivity index (χ1) is 12.3. The summed E-state index contributed by atoms with van der Waals surface area (Å²) in [6, 6.07) is 5.59. The summed E-state index contributed by atoms with van der Waals surface area (Å²) >= 11 is 12.1. The number of esters is 1. The molecule has 0 unspecified atom stereocenters. The quantitative estimate of drug-likeness (QED) is 0.588. The minimum atomic E-state index is -0.617. The molecule has 0 aliphatic carbocycles. The summed E-state index contributed by atoms with van der Waals surface area (Å²) in [5.41, 5.74) is 6.52. The molecule has 0 radical (unpaired) electrons. The van der Waals surface area contributed by atoms with Crippen LogP contribution < -0.4 is 20.5 Å². The van der Waals surface area contributed by atoms with Gasteiger partial charge in [0, 0.05) is 12.1 Å². The number of carbonyl (C=O) groups excluding carboxylic acids is 2. The van der Waals surface area contributed by atoms with E-state index in [0.717, 1.165) is 0 Å². The third kappa shape index (κ3) is 3.95. The minimum Gasteiger partial charge on any atom is -0.496 e. The number of anilines is 2. The van der Waals surface area contributed by atoms with Crippen LogP contribution >= 0.6 is 23.2 Å². The van der Waals surface area contributed by atoms with Crippen LogP contribution in [0.4, 0.5) is 11.4 Å². The third-order valence-corrected chi connectivity index (χ3v) is 4.15. The summed E-state index contributed by atoms with van der Waals surface area (Å²) in [4.78, 5) is 24.4. The van der Waals surface area contributed by atoms with E-state index in [-0.39, 0.29) is 44.0 Å². The van der Waals surface area contributed by atoms with Crippen LogP contribution in [-0.4, -0.2) is 33.2 Å². The van der Waals surface area contributed by atoms with E-state index in [9.17, 15) is 9.59 Å². The monoisotopic (exact) mass is 398 g/mol. The van der Waals surface area contributed by atoms with Crippen molar-refractivity contribution in [3.8, 4) is 11.5 Å². The average molecular weight is 399 g/mol. The first-order valence-electron chi connectivity index (χ1n) is 7.22. The highest BCUT2D eigenvalue weighted by Crippen LogP contribution is 2.33. The first kappa shape index (κ1) is 19.7. The number of benzene rings is 2. The molecule has 9 heteroatoms. The van der Waals surface area contributed by atoms with E-state index in [2.05, 4.69) is 10.1 Å². The fourth-order valence-electron chi connectivity index (χ4n) is 2.19. The lowest BCUT2D eigenvalue weighted by atomic mass is 10.1. The van der Waals surface area contributed by atoms with E-state index in [1.165, 1.54) is 45.6 Å². The highest BCUT2D eigenvalue weighted by molar-refractivity contribution is 6.35. The van der Waals surface area contributed by atoms with Gasteiger partial charge < -0.3 is 25.3 Å². The van der Waals surface area contributed by atoms with Crippen LogP contribution in [0.3, 0.4) is 0 Å². The zero-order valence-corrected chi connectivity index (χ0v) is 15.7. The van der Waals surface area contributed by atoms with Crippen molar-refractivity contribution in [2.45, 2.75) is 0 Å². The number of nitrogen functional groups attached to an aromatic ring is 1. The van der Waals surface area contributed by atoms with Crippen molar-refractivity contribution in [3.63, 3.8) is 0 Å². The maximum atomic E-state index is 12.6. The number of nitrogens with two attached hydrogens (primary N) is 1. The number of ether oxygens (including phenoxy) is 3. The Labute approximate surface area is 159 Å². The van der Waals surface area contributed by atoms with Crippen molar-refractivity contribution in [2.75, 3.05) is 32.4 Å². The van der Waals surface area contributed by atoms with E-state index < -0.39 is 11.9 Å². The number of hydrogen-bond donors (Lipinski definition) is 2. The number of carbonyl (C=O) groups is 2. The van der Waals surface area contributed by atoms with E-state index in [4.69, 9.17) is 38.4 Å². The lowest BCUT2D eigenvalue weighted by Crippen LogP contribution is -2.15. The topological polar surface area (TPSA) is 99.9 Å². The zero-order chi connectivity index (χ0) is 19.4.